The van der Waals surface area contributed by atoms with Gasteiger partial charge in [0.2, 0.25) is 0 Å². The first-order valence-corrected chi connectivity index (χ1v) is 10.5. The molecule has 0 amide bonds. The number of hydrogen-bond acceptors (Lipinski definition) is 8. The van der Waals surface area contributed by atoms with Crippen LogP contribution in [0.25, 0.3) is 10.6 Å². The van der Waals surface area contributed by atoms with Crippen LogP contribution in [0.1, 0.15) is 27.8 Å². The van der Waals surface area contributed by atoms with E-state index in [0.717, 1.165) is 12.1 Å². The first kappa shape index (κ1) is 22.9. The van der Waals surface area contributed by atoms with E-state index < -0.39 is 48.9 Å². The minimum atomic E-state index is -4.62. The van der Waals surface area contributed by atoms with Crippen molar-refractivity contribution in [1.29, 1.82) is 0 Å². The van der Waals surface area contributed by atoms with Gasteiger partial charge >= 0.3 is 6.18 Å². The van der Waals surface area contributed by atoms with Gasteiger partial charge in [0.15, 0.2) is 0 Å². The predicted octanol–water partition coefficient (Wildman–Crippen LogP) is 2.53. The van der Waals surface area contributed by atoms with E-state index in [4.69, 9.17) is 9.15 Å². The molecule has 5 atom stereocenters. The van der Waals surface area contributed by atoms with Crippen LogP contribution in [0.5, 0.6) is 0 Å². The maximum Gasteiger partial charge on any atom is 0.416 e. The van der Waals surface area contributed by atoms with Crippen LogP contribution in [-0.2, 0) is 17.3 Å². The molecule has 2 aromatic heterocycles. The summed E-state index contributed by atoms with van der Waals surface area (Å²) in [6.45, 7) is -0.635. The van der Waals surface area contributed by atoms with Crippen molar-refractivity contribution >= 4 is 11.3 Å². The fraction of sp³-hybridized carbons (Fsp3) is 0.381. The number of rotatable bonds is 5. The first-order chi connectivity index (χ1) is 15.2. The quantitative estimate of drug-likeness (QED) is 0.452. The molecule has 3 heterocycles. The molecule has 0 saturated carbocycles. The van der Waals surface area contributed by atoms with Crippen LogP contribution >= 0.6 is 11.3 Å². The van der Waals surface area contributed by atoms with Crippen LogP contribution < -0.4 is 0 Å². The predicted molar refractivity (Wildman–Crippen MR) is 107 cm³/mol. The molecule has 7 nitrogen and oxygen atoms in total. The number of aliphatic hydroxyl groups excluding tert-OH is 4. The van der Waals surface area contributed by atoms with Crippen molar-refractivity contribution in [2.45, 2.75) is 43.1 Å². The van der Waals surface area contributed by atoms with Crippen LogP contribution in [0, 0.1) is 0 Å². The van der Waals surface area contributed by atoms with E-state index in [-0.39, 0.29) is 17.5 Å². The molecule has 32 heavy (non-hydrogen) atoms. The maximum atomic E-state index is 13.6. The van der Waals surface area contributed by atoms with Gasteiger partial charge in [0.1, 0.15) is 36.3 Å². The molecule has 1 unspecified atom stereocenters. The minimum absolute atomic E-state index is 0.0905. The van der Waals surface area contributed by atoms with Crippen LogP contribution in [-0.4, -0.2) is 56.4 Å². The Bertz CT molecular complexity index is 1050. The largest absolute Gasteiger partial charge is 0.463 e. The number of ether oxygens (including phenoxy) is 1. The average Bonchev–Trinajstić information content (AvgIpc) is 3.43. The molecule has 0 radical (unpaired) electrons. The van der Waals surface area contributed by atoms with E-state index in [1.807, 2.05) is 0 Å². The highest BCUT2D eigenvalue weighted by molar-refractivity contribution is 7.15. The zero-order valence-electron chi connectivity index (χ0n) is 16.4. The molecule has 1 fully saturated rings. The number of hydrogen-bond donors (Lipinski definition) is 4. The summed E-state index contributed by atoms with van der Waals surface area (Å²) in [5, 5.41) is 40.1. The molecule has 0 bridgehead atoms. The number of alkyl halides is 3. The van der Waals surface area contributed by atoms with Gasteiger partial charge in [-0.05, 0) is 29.3 Å². The van der Waals surface area contributed by atoms with Crippen molar-refractivity contribution in [3.63, 3.8) is 0 Å². The van der Waals surface area contributed by atoms with E-state index >= 15 is 0 Å². The summed E-state index contributed by atoms with van der Waals surface area (Å²) < 4.78 is 51.7. The molecule has 4 rings (SSSR count). The van der Waals surface area contributed by atoms with E-state index in [9.17, 15) is 33.6 Å². The Balaban J connectivity index is 1.67. The average molecular weight is 471 g/mol. The molecule has 1 saturated heterocycles. The number of halogens is 3. The summed E-state index contributed by atoms with van der Waals surface area (Å²) in [6.07, 6.45) is -8.94. The van der Waals surface area contributed by atoms with Crippen LogP contribution in [0.2, 0.25) is 0 Å². The third kappa shape index (κ3) is 4.45. The highest BCUT2D eigenvalue weighted by Crippen LogP contribution is 2.38. The smallest absolute Gasteiger partial charge is 0.416 e. The van der Waals surface area contributed by atoms with Crippen molar-refractivity contribution in [2.24, 2.45) is 0 Å². The van der Waals surface area contributed by atoms with Crippen molar-refractivity contribution in [3.05, 3.63) is 64.5 Å². The lowest BCUT2D eigenvalue weighted by Gasteiger charge is -2.40. The van der Waals surface area contributed by atoms with E-state index in [1.54, 1.807) is 12.1 Å². The SMILES string of the molecule is OC[C@H]1OC(c2ccc(C(F)(F)F)c(Cc3ncc(-c4ccco4)s3)c2)[C@H](O)[C@@H](O)[C@@H]1O. The number of nitrogens with zero attached hydrogens (tertiary/aromatic N) is 1. The number of aliphatic hydroxyl groups is 4. The zero-order valence-corrected chi connectivity index (χ0v) is 17.3. The van der Waals surface area contributed by atoms with Gasteiger partial charge in [0.05, 0.1) is 28.3 Å². The molecule has 1 aromatic carbocycles. The van der Waals surface area contributed by atoms with Gasteiger partial charge in [-0.1, -0.05) is 12.1 Å². The summed E-state index contributed by atoms with van der Waals surface area (Å²) in [5.41, 5.74) is -0.777. The number of aromatic nitrogens is 1. The molecular weight excluding hydrogens is 451 g/mol. The normalized spacial score (nSPS) is 26.4. The Morgan fingerprint density at radius 3 is 2.50 bits per heavy atom. The maximum absolute atomic E-state index is 13.6. The number of benzene rings is 1. The molecule has 1 aliphatic rings. The Labute approximate surface area is 184 Å². The Hall–Kier alpha value is -2.28. The minimum Gasteiger partial charge on any atom is -0.463 e. The highest BCUT2D eigenvalue weighted by atomic mass is 32.1. The zero-order chi connectivity index (χ0) is 23.0. The lowest BCUT2D eigenvalue weighted by molar-refractivity contribution is -0.231. The first-order valence-electron chi connectivity index (χ1n) is 9.68. The van der Waals surface area contributed by atoms with Gasteiger partial charge in [-0.2, -0.15) is 13.2 Å². The van der Waals surface area contributed by atoms with Crippen LogP contribution in [0.3, 0.4) is 0 Å². The summed E-state index contributed by atoms with van der Waals surface area (Å²) in [7, 11) is 0. The Morgan fingerprint density at radius 1 is 1.06 bits per heavy atom. The molecule has 1 aliphatic heterocycles. The van der Waals surface area contributed by atoms with Crippen molar-refractivity contribution in [1.82, 2.24) is 4.98 Å². The molecule has 0 aliphatic carbocycles. The van der Waals surface area contributed by atoms with Gasteiger partial charge < -0.3 is 29.6 Å². The second-order valence-electron chi connectivity index (χ2n) is 7.44. The van der Waals surface area contributed by atoms with Crippen molar-refractivity contribution in [2.75, 3.05) is 6.61 Å². The standard InChI is InChI=1S/C21H20F3NO6S/c22-21(23,24)12-4-3-10(20-19(29)18(28)17(27)14(9-26)31-20)6-11(12)7-16-25-8-15(32-16)13-2-1-5-30-13/h1-6,8,14,17-20,26-29H,7,9H2/t14-,17-,18+,19-,20?/m1/s1. The second kappa shape index (κ2) is 8.93. The molecule has 0 spiro atoms. The molecule has 4 N–H and O–H groups in total. The molecule has 172 valence electrons. The fourth-order valence-corrected chi connectivity index (χ4v) is 4.59. The van der Waals surface area contributed by atoms with Gasteiger partial charge in [-0.3, -0.25) is 0 Å². The second-order valence-corrected chi connectivity index (χ2v) is 8.55. The lowest BCUT2D eigenvalue weighted by atomic mass is 9.89. The van der Waals surface area contributed by atoms with Gasteiger partial charge in [0, 0.05) is 12.6 Å². The van der Waals surface area contributed by atoms with E-state index in [1.165, 1.54) is 29.9 Å². The van der Waals surface area contributed by atoms with Crippen LogP contribution in [0.15, 0.2) is 47.2 Å². The van der Waals surface area contributed by atoms with Gasteiger partial charge in [0.25, 0.3) is 0 Å². The lowest BCUT2D eigenvalue weighted by Crippen LogP contribution is -2.55. The molecular formula is C21H20F3NO6S. The molecule has 11 heteroatoms. The third-order valence-corrected chi connectivity index (χ3v) is 6.33. The monoisotopic (exact) mass is 471 g/mol. The third-order valence-electron chi connectivity index (χ3n) is 5.31. The van der Waals surface area contributed by atoms with E-state index in [2.05, 4.69) is 4.98 Å². The Kier molecular flexibility index (Phi) is 6.39. The topological polar surface area (TPSA) is 116 Å². The summed E-state index contributed by atoms with van der Waals surface area (Å²) in [5.74, 6) is 0.555. The van der Waals surface area contributed by atoms with Crippen molar-refractivity contribution in [3.8, 4) is 10.6 Å². The van der Waals surface area contributed by atoms with E-state index in [0.29, 0.717) is 15.6 Å². The van der Waals surface area contributed by atoms with Crippen LogP contribution in [0.4, 0.5) is 13.2 Å². The van der Waals surface area contributed by atoms with Gasteiger partial charge in [-0.25, -0.2) is 4.98 Å². The van der Waals surface area contributed by atoms with Crippen molar-refractivity contribution < 1.29 is 42.8 Å². The number of furan rings is 1. The fourth-order valence-electron chi connectivity index (χ4n) is 3.68. The summed E-state index contributed by atoms with van der Waals surface area (Å²) in [4.78, 5) is 4.87. The molecule has 3 aromatic rings. The summed E-state index contributed by atoms with van der Waals surface area (Å²) in [6, 6.07) is 6.69. The highest BCUT2D eigenvalue weighted by Gasteiger charge is 2.44. The van der Waals surface area contributed by atoms with Gasteiger partial charge in [-0.15, -0.1) is 11.3 Å². The summed E-state index contributed by atoms with van der Waals surface area (Å²) >= 11 is 1.19. The number of thiazole rings is 1. The Morgan fingerprint density at radius 2 is 1.84 bits per heavy atom.